The second-order valence-electron chi connectivity index (χ2n) is 11.0. The van der Waals surface area contributed by atoms with E-state index in [2.05, 4.69) is 16.0 Å². The van der Waals surface area contributed by atoms with E-state index in [0.717, 1.165) is 10.5 Å². The van der Waals surface area contributed by atoms with Crippen molar-refractivity contribution in [1.82, 2.24) is 5.32 Å². The topological polar surface area (TPSA) is 158 Å². The summed E-state index contributed by atoms with van der Waals surface area (Å²) in [4.78, 5) is 51.7. The van der Waals surface area contributed by atoms with Gasteiger partial charge in [0.2, 0.25) is 5.91 Å². The normalized spacial score (nSPS) is 11.5. The van der Waals surface area contributed by atoms with E-state index in [0.29, 0.717) is 39.8 Å². The fourth-order valence-corrected chi connectivity index (χ4v) is 6.01. The van der Waals surface area contributed by atoms with Crippen molar-refractivity contribution in [2.75, 3.05) is 32.0 Å². The molecule has 0 saturated heterocycles. The summed E-state index contributed by atoms with van der Waals surface area (Å²) >= 11 is 1.29. The summed E-state index contributed by atoms with van der Waals surface area (Å²) < 4.78 is 16.4. The molecule has 12 nitrogen and oxygen atoms in total. The first kappa shape index (κ1) is 36.7. The summed E-state index contributed by atoms with van der Waals surface area (Å²) in [7, 11) is 4.45. The Balaban J connectivity index is 1.38. The van der Waals surface area contributed by atoms with Crippen molar-refractivity contribution in [3.8, 4) is 17.2 Å². The van der Waals surface area contributed by atoms with Gasteiger partial charge in [-0.15, -0.1) is 11.8 Å². The number of nitro benzene ring substituents is 1. The standard InChI is InChI=1S/C39H34N4O8S/c1-49-33-24-35(51-3)34(50-2)23-27(33)22-32(42-37(44)26-12-8-5-9-13-26)38(45)40-29-16-20-31(21-17-29)52-36(25-10-6-4-7-11-25)39(46)41-28-14-18-30(19-15-28)43(47)48/h4-24,36H,1-3H3,(H,40,45)(H,41,46)(H,42,44)/b32-22-. The molecule has 5 aromatic carbocycles. The van der Waals surface area contributed by atoms with E-state index in [-0.39, 0.29) is 17.3 Å². The lowest BCUT2D eigenvalue weighted by molar-refractivity contribution is -0.384. The number of anilines is 2. The number of non-ortho nitro benzene ring substituents is 1. The molecular weight excluding hydrogens is 685 g/mol. The molecule has 0 saturated carbocycles. The third kappa shape index (κ3) is 9.34. The maximum Gasteiger partial charge on any atom is 0.272 e. The average molecular weight is 719 g/mol. The molecule has 3 amide bonds. The first-order valence-electron chi connectivity index (χ1n) is 15.8. The van der Waals surface area contributed by atoms with E-state index >= 15 is 0 Å². The van der Waals surface area contributed by atoms with Gasteiger partial charge in [0.1, 0.15) is 16.7 Å². The molecule has 0 aliphatic carbocycles. The molecule has 0 heterocycles. The van der Waals surface area contributed by atoms with Gasteiger partial charge < -0.3 is 30.2 Å². The van der Waals surface area contributed by atoms with Gasteiger partial charge in [0.25, 0.3) is 17.5 Å². The van der Waals surface area contributed by atoms with Crippen molar-refractivity contribution in [1.29, 1.82) is 0 Å². The van der Waals surface area contributed by atoms with E-state index in [1.54, 1.807) is 66.7 Å². The van der Waals surface area contributed by atoms with Crippen LogP contribution in [-0.2, 0) is 9.59 Å². The van der Waals surface area contributed by atoms with E-state index in [1.165, 1.54) is 63.4 Å². The molecule has 264 valence electrons. The monoisotopic (exact) mass is 718 g/mol. The molecule has 0 spiro atoms. The highest BCUT2D eigenvalue weighted by molar-refractivity contribution is 8.00. The maximum absolute atomic E-state index is 13.7. The second-order valence-corrected chi connectivity index (χ2v) is 12.2. The lowest BCUT2D eigenvalue weighted by Crippen LogP contribution is -2.30. The number of nitrogens with one attached hydrogen (secondary N) is 3. The van der Waals surface area contributed by atoms with Crippen molar-refractivity contribution in [2.24, 2.45) is 0 Å². The molecule has 5 rings (SSSR count). The minimum absolute atomic E-state index is 0.0649. The third-order valence-corrected chi connectivity index (χ3v) is 8.88. The summed E-state index contributed by atoms with van der Waals surface area (Å²) in [6.07, 6.45) is 1.48. The summed E-state index contributed by atoms with van der Waals surface area (Å²) in [6.45, 7) is 0. The van der Waals surface area contributed by atoms with Crippen LogP contribution in [0.4, 0.5) is 17.1 Å². The maximum atomic E-state index is 13.7. The Morgan fingerprint density at radius 1 is 0.712 bits per heavy atom. The van der Waals surface area contributed by atoms with Crippen molar-refractivity contribution in [3.63, 3.8) is 0 Å². The molecule has 0 fully saturated rings. The van der Waals surface area contributed by atoms with Gasteiger partial charge in [-0.25, -0.2) is 0 Å². The first-order valence-corrected chi connectivity index (χ1v) is 16.6. The smallest absolute Gasteiger partial charge is 0.272 e. The Labute approximate surface area is 304 Å². The number of nitrogens with zero attached hydrogens (tertiary/aromatic N) is 1. The van der Waals surface area contributed by atoms with Crippen LogP contribution in [0.3, 0.4) is 0 Å². The number of carbonyl (C=O) groups excluding carboxylic acids is 3. The number of hydrogen-bond acceptors (Lipinski definition) is 9. The molecule has 13 heteroatoms. The highest BCUT2D eigenvalue weighted by Crippen LogP contribution is 2.38. The number of amides is 3. The predicted octanol–water partition coefficient (Wildman–Crippen LogP) is 7.50. The highest BCUT2D eigenvalue weighted by Gasteiger charge is 2.23. The van der Waals surface area contributed by atoms with Crippen molar-refractivity contribution in [2.45, 2.75) is 10.1 Å². The highest BCUT2D eigenvalue weighted by atomic mass is 32.2. The van der Waals surface area contributed by atoms with Gasteiger partial charge in [-0.3, -0.25) is 24.5 Å². The van der Waals surface area contributed by atoms with Crippen molar-refractivity contribution >= 4 is 52.6 Å². The van der Waals surface area contributed by atoms with Gasteiger partial charge in [-0.2, -0.15) is 0 Å². The minimum atomic E-state index is -0.670. The predicted molar refractivity (Wildman–Crippen MR) is 200 cm³/mol. The number of nitro groups is 1. The Hall–Kier alpha value is -6.60. The number of methoxy groups -OCH3 is 3. The van der Waals surface area contributed by atoms with Gasteiger partial charge in [0, 0.05) is 45.6 Å². The Morgan fingerprint density at radius 2 is 1.27 bits per heavy atom. The Bertz CT molecular complexity index is 2070. The van der Waals surface area contributed by atoms with E-state index in [4.69, 9.17) is 14.2 Å². The number of carbonyl (C=O) groups is 3. The summed E-state index contributed by atoms with van der Waals surface area (Å²) in [5.41, 5.74) is 2.26. The summed E-state index contributed by atoms with van der Waals surface area (Å²) in [5.74, 6) is -0.224. The number of hydrogen-bond donors (Lipinski definition) is 3. The van der Waals surface area contributed by atoms with Gasteiger partial charge in [-0.05, 0) is 66.2 Å². The number of rotatable bonds is 14. The molecule has 0 aromatic heterocycles. The number of thioether (sulfide) groups is 1. The molecule has 52 heavy (non-hydrogen) atoms. The van der Waals surface area contributed by atoms with Crippen LogP contribution in [-0.4, -0.2) is 44.0 Å². The first-order chi connectivity index (χ1) is 25.2. The molecule has 5 aromatic rings. The molecular formula is C39H34N4O8S. The lowest BCUT2D eigenvalue weighted by atomic mass is 10.1. The van der Waals surface area contributed by atoms with Crippen LogP contribution >= 0.6 is 11.8 Å². The molecule has 0 aliphatic heterocycles. The van der Waals surface area contributed by atoms with Crippen LogP contribution in [0.15, 0.2) is 132 Å². The Kier molecular flexibility index (Phi) is 12.2. The van der Waals surface area contributed by atoms with E-state index in [9.17, 15) is 24.5 Å². The summed E-state index contributed by atoms with van der Waals surface area (Å²) in [6, 6.07) is 33.4. The molecule has 0 bridgehead atoms. The van der Waals surface area contributed by atoms with E-state index < -0.39 is 22.0 Å². The molecule has 0 radical (unpaired) electrons. The zero-order chi connectivity index (χ0) is 37.0. The molecule has 1 atom stereocenters. The molecule has 0 aliphatic rings. The van der Waals surface area contributed by atoms with Crippen LogP contribution in [0.5, 0.6) is 17.2 Å². The van der Waals surface area contributed by atoms with Crippen LogP contribution in [0.2, 0.25) is 0 Å². The van der Waals surface area contributed by atoms with Crippen LogP contribution in [0.1, 0.15) is 26.7 Å². The zero-order valence-electron chi connectivity index (χ0n) is 28.3. The van der Waals surface area contributed by atoms with Gasteiger partial charge >= 0.3 is 0 Å². The van der Waals surface area contributed by atoms with Crippen LogP contribution < -0.4 is 30.2 Å². The van der Waals surface area contributed by atoms with Crippen LogP contribution in [0.25, 0.3) is 6.08 Å². The average Bonchev–Trinajstić information content (AvgIpc) is 3.17. The van der Waals surface area contributed by atoms with Crippen molar-refractivity contribution < 1.29 is 33.5 Å². The number of ether oxygens (including phenoxy) is 3. The zero-order valence-corrected chi connectivity index (χ0v) is 29.1. The number of benzene rings is 5. The van der Waals surface area contributed by atoms with Crippen LogP contribution in [0, 0.1) is 10.1 Å². The van der Waals surface area contributed by atoms with Crippen molar-refractivity contribution in [3.05, 3.63) is 154 Å². The van der Waals surface area contributed by atoms with Gasteiger partial charge in [0.15, 0.2) is 11.5 Å². The Morgan fingerprint density at radius 3 is 1.87 bits per heavy atom. The summed E-state index contributed by atoms with van der Waals surface area (Å²) in [5, 5.41) is 18.8. The fourth-order valence-electron chi connectivity index (χ4n) is 4.99. The lowest BCUT2D eigenvalue weighted by Gasteiger charge is -2.17. The minimum Gasteiger partial charge on any atom is -0.496 e. The third-order valence-electron chi connectivity index (χ3n) is 7.62. The van der Waals surface area contributed by atoms with Gasteiger partial charge in [-0.1, -0.05) is 48.5 Å². The second kappa shape index (κ2) is 17.4. The quantitative estimate of drug-likeness (QED) is 0.0458. The van der Waals surface area contributed by atoms with Gasteiger partial charge in [0.05, 0.1) is 26.3 Å². The molecule has 1 unspecified atom stereocenters. The fraction of sp³-hybridized carbons (Fsp3) is 0.103. The molecule has 3 N–H and O–H groups in total. The largest absolute Gasteiger partial charge is 0.496 e. The van der Waals surface area contributed by atoms with E-state index in [1.807, 2.05) is 30.3 Å². The SMILES string of the molecule is COc1cc(OC)c(OC)cc1/C=C(\NC(=O)c1ccccc1)C(=O)Nc1ccc(SC(C(=O)Nc2ccc([N+](=O)[O-])cc2)c2ccccc2)cc1.